The zero-order valence-corrected chi connectivity index (χ0v) is 16.2. The number of fused-ring (bicyclic) bond motifs is 1. The maximum Gasteiger partial charge on any atom is 0.387 e. The van der Waals surface area contributed by atoms with E-state index in [-0.39, 0.29) is 29.1 Å². The highest BCUT2D eigenvalue weighted by atomic mass is 32.1. The highest BCUT2D eigenvalue weighted by Gasteiger charge is 2.14. The van der Waals surface area contributed by atoms with E-state index < -0.39 is 18.4 Å². The molecule has 29 heavy (non-hydrogen) atoms. The van der Waals surface area contributed by atoms with Crippen molar-refractivity contribution in [2.45, 2.75) is 26.9 Å². The number of nitrogens with zero attached hydrogens (tertiary/aromatic N) is 1. The van der Waals surface area contributed by atoms with Crippen molar-refractivity contribution in [3.63, 3.8) is 0 Å². The first-order valence-corrected chi connectivity index (χ1v) is 9.19. The SMILES string of the molecule is Cc1sc2nc(CC(=O)NNC(=O)c3ccc(OC(F)F)cc3)[nH]c(=O)c2c1C. The fraction of sp³-hybridized carbons (Fsp3) is 0.222. The van der Waals surface area contributed by atoms with Crippen LogP contribution in [0.5, 0.6) is 5.75 Å². The zero-order chi connectivity index (χ0) is 21.1. The molecule has 0 unspecified atom stereocenters. The van der Waals surface area contributed by atoms with Crippen LogP contribution in [-0.4, -0.2) is 28.4 Å². The number of aromatic nitrogens is 2. The van der Waals surface area contributed by atoms with Gasteiger partial charge in [-0.1, -0.05) is 0 Å². The van der Waals surface area contributed by atoms with Gasteiger partial charge in [0.05, 0.1) is 11.8 Å². The molecule has 2 amide bonds. The predicted octanol–water partition coefficient (Wildman–Crippen LogP) is 2.21. The Kier molecular flexibility index (Phi) is 5.87. The second kappa shape index (κ2) is 8.35. The van der Waals surface area contributed by atoms with Crippen molar-refractivity contribution in [2.75, 3.05) is 0 Å². The van der Waals surface area contributed by atoms with Crippen LogP contribution in [0, 0.1) is 13.8 Å². The maximum absolute atomic E-state index is 12.2. The molecule has 0 aliphatic rings. The largest absolute Gasteiger partial charge is 0.435 e. The quantitative estimate of drug-likeness (QED) is 0.546. The number of aromatic amines is 1. The second-order valence-corrected chi connectivity index (χ2v) is 7.26. The van der Waals surface area contributed by atoms with Crippen LogP contribution >= 0.6 is 11.3 Å². The molecule has 2 aromatic heterocycles. The molecule has 1 aromatic carbocycles. The number of ether oxygens (including phenoxy) is 1. The van der Waals surface area contributed by atoms with Gasteiger partial charge < -0.3 is 9.72 Å². The lowest BCUT2D eigenvalue weighted by Gasteiger charge is -2.08. The van der Waals surface area contributed by atoms with Crippen molar-refractivity contribution in [1.82, 2.24) is 20.8 Å². The lowest BCUT2D eigenvalue weighted by atomic mass is 10.2. The number of thiophene rings is 1. The molecule has 2 heterocycles. The van der Waals surface area contributed by atoms with Gasteiger partial charge in [0.2, 0.25) is 5.91 Å². The van der Waals surface area contributed by atoms with Crippen molar-refractivity contribution in [1.29, 1.82) is 0 Å². The van der Waals surface area contributed by atoms with Crippen LogP contribution in [0.15, 0.2) is 29.1 Å². The van der Waals surface area contributed by atoms with Gasteiger partial charge in [-0.15, -0.1) is 11.3 Å². The molecule has 0 radical (unpaired) electrons. The third-order valence-electron chi connectivity index (χ3n) is 4.07. The number of alkyl halides is 2. The zero-order valence-electron chi connectivity index (χ0n) is 15.3. The fourth-order valence-electron chi connectivity index (χ4n) is 2.57. The first kappa shape index (κ1) is 20.4. The molecule has 152 valence electrons. The number of aryl methyl sites for hydroxylation is 2. The highest BCUT2D eigenvalue weighted by molar-refractivity contribution is 7.18. The number of benzene rings is 1. The number of halogens is 2. The average Bonchev–Trinajstić information content (AvgIpc) is 2.94. The van der Waals surface area contributed by atoms with E-state index in [4.69, 9.17) is 0 Å². The summed E-state index contributed by atoms with van der Waals surface area (Å²) < 4.78 is 28.4. The normalized spacial score (nSPS) is 10.9. The number of carbonyl (C=O) groups excluding carboxylic acids is 2. The van der Waals surface area contributed by atoms with E-state index >= 15 is 0 Å². The Morgan fingerprint density at radius 3 is 2.55 bits per heavy atom. The molecular weight excluding hydrogens is 406 g/mol. The number of H-pyrrole nitrogens is 1. The summed E-state index contributed by atoms with van der Waals surface area (Å²) in [5.41, 5.74) is 5.07. The first-order valence-electron chi connectivity index (χ1n) is 8.37. The summed E-state index contributed by atoms with van der Waals surface area (Å²) in [6.07, 6.45) is -0.247. The molecule has 0 saturated carbocycles. The highest BCUT2D eigenvalue weighted by Crippen LogP contribution is 2.25. The minimum atomic E-state index is -2.96. The van der Waals surface area contributed by atoms with Gasteiger partial charge in [-0.05, 0) is 43.7 Å². The second-order valence-electron chi connectivity index (χ2n) is 6.06. The molecule has 0 aliphatic carbocycles. The molecule has 0 aliphatic heterocycles. The molecule has 0 bridgehead atoms. The monoisotopic (exact) mass is 422 g/mol. The molecule has 0 spiro atoms. The van der Waals surface area contributed by atoms with Gasteiger partial charge >= 0.3 is 6.61 Å². The van der Waals surface area contributed by atoms with Crippen LogP contribution in [0.2, 0.25) is 0 Å². The van der Waals surface area contributed by atoms with Crippen LogP contribution in [0.1, 0.15) is 26.6 Å². The molecule has 0 saturated heterocycles. The van der Waals surface area contributed by atoms with Crippen molar-refractivity contribution in [2.24, 2.45) is 0 Å². The number of amides is 2. The number of rotatable bonds is 5. The number of nitrogens with one attached hydrogen (secondary N) is 3. The van der Waals surface area contributed by atoms with E-state index in [1.165, 1.54) is 35.6 Å². The Labute approximate surface area is 166 Å². The Morgan fingerprint density at radius 2 is 1.90 bits per heavy atom. The number of hydrogen-bond acceptors (Lipinski definition) is 6. The number of carbonyl (C=O) groups is 2. The summed E-state index contributed by atoms with van der Waals surface area (Å²) in [6, 6.07) is 4.96. The molecule has 3 aromatic rings. The maximum atomic E-state index is 12.2. The van der Waals surface area contributed by atoms with Gasteiger partial charge in [0.25, 0.3) is 11.5 Å². The molecule has 3 rings (SSSR count). The molecular formula is C18H16F2N4O4S. The van der Waals surface area contributed by atoms with Crippen LogP contribution in [0.4, 0.5) is 8.78 Å². The van der Waals surface area contributed by atoms with Gasteiger partial charge in [-0.25, -0.2) is 4.98 Å². The lowest BCUT2D eigenvalue weighted by Crippen LogP contribution is -2.42. The third kappa shape index (κ3) is 4.74. The lowest BCUT2D eigenvalue weighted by molar-refractivity contribution is -0.121. The number of hydrogen-bond donors (Lipinski definition) is 3. The van der Waals surface area contributed by atoms with Crippen LogP contribution in [0.25, 0.3) is 10.2 Å². The smallest absolute Gasteiger partial charge is 0.387 e. The van der Waals surface area contributed by atoms with Crippen molar-refractivity contribution in [3.8, 4) is 5.75 Å². The Balaban J connectivity index is 1.60. The minimum Gasteiger partial charge on any atom is -0.435 e. The van der Waals surface area contributed by atoms with Crippen LogP contribution in [0.3, 0.4) is 0 Å². The topological polar surface area (TPSA) is 113 Å². The van der Waals surface area contributed by atoms with Crippen molar-refractivity contribution < 1.29 is 23.1 Å². The van der Waals surface area contributed by atoms with E-state index in [1.54, 1.807) is 0 Å². The number of hydrazine groups is 1. The molecule has 11 heteroatoms. The molecule has 8 nitrogen and oxygen atoms in total. The molecule has 3 N–H and O–H groups in total. The van der Waals surface area contributed by atoms with Crippen molar-refractivity contribution in [3.05, 3.63) is 56.4 Å². The van der Waals surface area contributed by atoms with Gasteiger partial charge in [0.1, 0.15) is 16.4 Å². The van der Waals surface area contributed by atoms with Gasteiger partial charge in [0.15, 0.2) is 0 Å². The average molecular weight is 422 g/mol. The van der Waals surface area contributed by atoms with Crippen molar-refractivity contribution >= 4 is 33.4 Å². The summed E-state index contributed by atoms with van der Waals surface area (Å²) >= 11 is 1.36. The summed E-state index contributed by atoms with van der Waals surface area (Å²) in [5, 5.41) is 0.504. The van der Waals surface area contributed by atoms with Gasteiger partial charge in [-0.2, -0.15) is 8.78 Å². The van der Waals surface area contributed by atoms with Gasteiger partial charge in [-0.3, -0.25) is 25.2 Å². The van der Waals surface area contributed by atoms with E-state index in [2.05, 4.69) is 25.6 Å². The first-order chi connectivity index (χ1) is 13.7. The molecule has 0 atom stereocenters. The van der Waals surface area contributed by atoms with Crippen LogP contribution in [-0.2, 0) is 11.2 Å². The van der Waals surface area contributed by atoms with E-state index in [0.29, 0.717) is 10.2 Å². The summed E-state index contributed by atoms with van der Waals surface area (Å²) in [4.78, 5) is 44.7. The Bertz CT molecular complexity index is 1130. The minimum absolute atomic E-state index is 0.0925. The van der Waals surface area contributed by atoms with E-state index in [9.17, 15) is 23.2 Å². The third-order valence-corrected chi connectivity index (χ3v) is 5.17. The predicted molar refractivity (Wildman–Crippen MR) is 102 cm³/mol. The van der Waals surface area contributed by atoms with Gasteiger partial charge in [0, 0.05) is 10.4 Å². The van der Waals surface area contributed by atoms with E-state index in [0.717, 1.165) is 10.4 Å². The standard InChI is InChI=1S/C18H16F2N4O4S/c1-8-9(2)29-17-14(8)16(27)21-12(22-17)7-13(25)23-24-15(26)10-3-5-11(6-4-10)28-18(19)20/h3-6,18H,7H2,1-2H3,(H,23,25)(H,24,26)(H,21,22,27). The summed E-state index contributed by atoms with van der Waals surface area (Å²) in [7, 11) is 0. The van der Waals surface area contributed by atoms with Crippen LogP contribution < -0.4 is 21.1 Å². The Morgan fingerprint density at radius 1 is 1.21 bits per heavy atom. The fourth-order valence-corrected chi connectivity index (χ4v) is 3.61. The van der Waals surface area contributed by atoms with E-state index in [1.807, 2.05) is 13.8 Å². The summed E-state index contributed by atoms with van der Waals surface area (Å²) in [6.45, 7) is 0.754. The molecule has 0 fully saturated rings. The summed E-state index contributed by atoms with van der Waals surface area (Å²) in [5.74, 6) is -1.17. The Hall–Kier alpha value is -3.34.